The average molecular weight is 525 g/mol. The van der Waals surface area contributed by atoms with Crippen molar-refractivity contribution in [2.45, 2.75) is 19.5 Å². The molecule has 0 aliphatic carbocycles. The van der Waals surface area contributed by atoms with Gasteiger partial charge in [-0.1, -0.05) is 78.9 Å². The summed E-state index contributed by atoms with van der Waals surface area (Å²) in [6, 6.07) is 29.5. The number of hydrogen-bond donors (Lipinski definition) is 1. The highest BCUT2D eigenvalue weighted by Gasteiger charge is 2.24. The first kappa shape index (κ1) is 27.3. The van der Waals surface area contributed by atoms with E-state index in [9.17, 15) is 23.9 Å². The average Bonchev–Trinajstić information content (AvgIpc) is 2.96. The fourth-order valence-electron chi connectivity index (χ4n) is 4.41. The summed E-state index contributed by atoms with van der Waals surface area (Å²) in [6.07, 6.45) is -0.242. The Balaban J connectivity index is 1.67. The van der Waals surface area contributed by atoms with Crippen molar-refractivity contribution < 1.29 is 23.9 Å². The third-order valence-electron chi connectivity index (χ3n) is 6.38. The Hall–Kier alpha value is -4.78. The molecule has 0 unspecified atom stereocenters. The van der Waals surface area contributed by atoms with Crippen LogP contribution in [0.15, 0.2) is 103 Å². The highest BCUT2D eigenvalue weighted by Crippen LogP contribution is 2.29. The first-order valence-corrected chi connectivity index (χ1v) is 12.6. The molecule has 0 aliphatic rings. The van der Waals surface area contributed by atoms with E-state index in [2.05, 4.69) is 0 Å². The summed E-state index contributed by atoms with van der Waals surface area (Å²) in [5, 5.41) is 9.28. The maximum absolute atomic E-state index is 13.8. The topological polar surface area (TPSA) is 77.9 Å². The summed E-state index contributed by atoms with van der Waals surface area (Å²) in [7, 11) is 1.74. The molecule has 1 N–H and O–H groups in total. The summed E-state index contributed by atoms with van der Waals surface area (Å²) >= 11 is 0. The van der Waals surface area contributed by atoms with Crippen molar-refractivity contribution in [3.8, 4) is 11.1 Å². The number of carbonyl (C=O) groups excluding carboxylic acids is 2. The van der Waals surface area contributed by atoms with Crippen LogP contribution in [0.2, 0.25) is 0 Å². The van der Waals surface area contributed by atoms with Gasteiger partial charge in [0.25, 0.3) is 11.8 Å². The van der Waals surface area contributed by atoms with Gasteiger partial charge in [0, 0.05) is 37.8 Å². The van der Waals surface area contributed by atoms with Crippen molar-refractivity contribution in [2.24, 2.45) is 0 Å². The maximum Gasteiger partial charge on any atom is 0.305 e. The molecule has 0 spiro atoms. The minimum absolute atomic E-state index is 0.0275. The van der Waals surface area contributed by atoms with Crippen LogP contribution in [-0.4, -0.2) is 46.3 Å². The molecule has 0 radical (unpaired) electrons. The van der Waals surface area contributed by atoms with Gasteiger partial charge in [-0.15, -0.1) is 0 Å². The third kappa shape index (κ3) is 6.96. The molecule has 4 aromatic rings. The van der Waals surface area contributed by atoms with Crippen molar-refractivity contribution in [1.82, 2.24) is 9.80 Å². The predicted octanol–water partition coefficient (Wildman–Crippen LogP) is 5.88. The molecule has 0 saturated heterocycles. The molecule has 0 saturated carbocycles. The molecule has 0 heterocycles. The maximum atomic E-state index is 13.8. The summed E-state index contributed by atoms with van der Waals surface area (Å²) in [5.74, 6) is -1.99. The molecule has 0 fully saturated rings. The Bertz CT molecular complexity index is 1450. The molecule has 7 heteroatoms. The Kier molecular flexibility index (Phi) is 8.84. The van der Waals surface area contributed by atoms with Crippen molar-refractivity contribution in [1.29, 1.82) is 0 Å². The van der Waals surface area contributed by atoms with Crippen LogP contribution in [0.25, 0.3) is 11.1 Å². The largest absolute Gasteiger partial charge is 0.481 e. The van der Waals surface area contributed by atoms with E-state index in [1.165, 1.54) is 17.0 Å². The van der Waals surface area contributed by atoms with Gasteiger partial charge in [0.05, 0.1) is 6.42 Å². The van der Waals surface area contributed by atoms with Crippen molar-refractivity contribution >= 4 is 17.8 Å². The second-order valence-corrected chi connectivity index (χ2v) is 9.23. The molecule has 4 aromatic carbocycles. The number of carboxylic acids is 1. The lowest BCUT2D eigenvalue weighted by molar-refractivity contribution is -0.137. The first-order valence-electron chi connectivity index (χ1n) is 12.6. The minimum Gasteiger partial charge on any atom is -0.481 e. The number of nitrogens with zero attached hydrogens (tertiary/aromatic N) is 2. The van der Waals surface area contributed by atoms with Gasteiger partial charge in [0.2, 0.25) is 0 Å². The highest BCUT2D eigenvalue weighted by atomic mass is 19.1. The van der Waals surface area contributed by atoms with Crippen LogP contribution in [0.3, 0.4) is 0 Å². The Morgan fingerprint density at radius 2 is 1.18 bits per heavy atom. The van der Waals surface area contributed by atoms with Crippen LogP contribution in [0.1, 0.15) is 38.3 Å². The van der Waals surface area contributed by atoms with E-state index in [4.69, 9.17) is 0 Å². The van der Waals surface area contributed by atoms with Crippen molar-refractivity contribution in [2.75, 3.05) is 13.6 Å². The zero-order chi connectivity index (χ0) is 27.8. The standard InChI is InChI=1S/C32H29FN2O4/c1-34(21-23-9-3-2-4-10-23)31(38)28-13-7-5-11-26(28)27-12-6-8-14-29(27)32(39)35(20-19-30(36)37)22-24-15-17-25(33)18-16-24/h2-18H,19-22H2,1H3,(H,36,37). The second-order valence-electron chi connectivity index (χ2n) is 9.23. The minimum atomic E-state index is -1.03. The lowest BCUT2D eigenvalue weighted by Crippen LogP contribution is -2.33. The van der Waals surface area contributed by atoms with E-state index in [1.54, 1.807) is 66.5 Å². The molecular formula is C32H29FN2O4. The highest BCUT2D eigenvalue weighted by molar-refractivity contribution is 6.06. The van der Waals surface area contributed by atoms with Gasteiger partial charge in [-0.2, -0.15) is 0 Å². The van der Waals surface area contributed by atoms with Crippen LogP contribution in [-0.2, 0) is 17.9 Å². The molecule has 0 bridgehead atoms. The quantitative estimate of drug-likeness (QED) is 0.281. The molecule has 198 valence electrons. The Morgan fingerprint density at radius 1 is 0.667 bits per heavy atom. The molecule has 0 aromatic heterocycles. The van der Waals surface area contributed by atoms with Gasteiger partial charge in [-0.25, -0.2) is 4.39 Å². The number of amides is 2. The second kappa shape index (κ2) is 12.6. The summed E-state index contributed by atoms with van der Waals surface area (Å²) in [6.45, 7) is 0.511. The Labute approximate surface area is 226 Å². The molecule has 0 atom stereocenters. The van der Waals surface area contributed by atoms with Gasteiger partial charge in [0.15, 0.2) is 0 Å². The number of hydrogen-bond acceptors (Lipinski definition) is 3. The predicted molar refractivity (Wildman–Crippen MR) is 148 cm³/mol. The molecular weight excluding hydrogens is 495 g/mol. The molecule has 4 rings (SSSR count). The van der Waals surface area contributed by atoms with Crippen LogP contribution >= 0.6 is 0 Å². The number of carboxylic acid groups (broad SMARTS) is 1. The van der Waals surface area contributed by atoms with E-state index in [0.717, 1.165) is 5.56 Å². The zero-order valence-corrected chi connectivity index (χ0v) is 21.6. The molecule has 6 nitrogen and oxygen atoms in total. The van der Waals surface area contributed by atoms with Gasteiger partial charge in [-0.3, -0.25) is 14.4 Å². The van der Waals surface area contributed by atoms with Gasteiger partial charge in [0.1, 0.15) is 5.82 Å². The van der Waals surface area contributed by atoms with Gasteiger partial charge in [-0.05, 0) is 46.5 Å². The van der Waals surface area contributed by atoms with Crippen molar-refractivity contribution in [3.05, 3.63) is 131 Å². The van der Waals surface area contributed by atoms with Gasteiger partial charge < -0.3 is 14.9 Å². The lowest BCUT2D eigenvalue weighted by atomic mass is 9.94. The first-order chi connectivity index (χ1) is 18.8. The summed E-state index contributed by atoms with van der Waals surface area (Å²) < 4.78 is 13.4. The Morgan fingerprint density at radius 3 is 1.77 bits per heavy atom. The number of rotatable bonds is 10. The number of aliphatic carboxylic acids is 1. The molecule has 39 heavy (non-hydrogen) atoms. The van der Waals surface area contributed by atoms with E-state index in [0.29, 0.717) is 34.4 Å². The smallest absolute Gasteiger partial charge is 0.305 e. The van der Waals surface area contributed by atoms with E-state index in [1.807, 2.05) is 36.4 Å². The number of benzene rings is 4. The fourth-order valence-corrected chi connectivity index (χ4v) is 4.41. The SMILES string of the molecule is CN(Cc1ccccc1)C(=O)c1ccccc1-c1ccccc1C(=O)N(CCC(=O)O)Cc1ccc(F)cc1. The van der Waals surface area contributed by atoms with Crippen molar-refractivity contribution in [3.63, 3.8) is 0 Å². The fraction of sp³-hybridized carbons (Fsp3) is 0.156. The zero-order valence-electron chi connectivity index (χ0n) is 21.6. The van der Waals surface area contributed by atoms with Gasteiger partial charge >= 0.3 is 5.97 Å². The summed E-state index contributed by atoms with van der Waals surface area (Å²) in [5.41, 5.74) is 3.63. The number of carbonyl (C=O) groups is 3. The van der Waals surface area contributed by atoms with E-state index >= 15 is 0 Å². The molecule has 2 amide bonds. The number of halogens is 1. The van der Waals surface area contributed by atoms with E-state index in [-0.39, 0.29) is 31.3 Å². The van der Waals surface area contributed by atoms with Crippen LogP contribution < -0.4 is 0 Å². The lowest BCUT2D eigenvalue weighted by Gasteiger charge is -2.24. The normalized spacial score (nSPS) is 10.6. The third-order valence-corrected chi connectivity index (χ3v) is 6.38. The van der Waals surface area contributed by atoms with Crippen LogP contribution in [0.5, 0.6) is 0 Å². The van der Waals surface area contributed by atoms with E-state index < -0.39 is 11.8 Å². The molecule has 0 aliphatic heterocycles. The van der Waals surface area contributed by atoms with Crippen LogP contribution in [0, 0.1) is 5.82 Å². The summed E-state index contributed by atoms with van der Waals surface area (Å²) in [4.78, 5) is 41.8. The van der Waals surface area contributed by atoms with Crippen LogP contribution in [0.4, 0.5) is 4.39 Å². The monoisotopic (exact) mass is 524 g/mol.